The molecule has 1 saturated heterocycles. The maximum absolute atomic E-state index is 12.4. The number of carbonyl (C=O) groups is 1. The smallest absolute Gasteiger partial charge is 0.272 e. The molecule has 0 radical (unpaired) electrons. The van der Waals surface area contributed by atoms with Crippen molar-refractivity contribution in [1.82, 2.24) is 20.0 Å². The lowest BCUT2D eigenvalue weighted by Gasteiger charge is -2.16. The van der Waals surface area contributed by atoms with E-state index in [1.165, 1.54) is 0 Å². The Labute approximate surface area is 136 Å². The Morgan fingerprint density at radius 3 is 2.74 bits per heavy atom. The number of carbonyl (C=O) groups excluding carboxylic acids is 1. The predicted octanol–water partition coefficient (Wildman–Crippen LogP) is 2.62. The first-order valence-electron chi connectivity index (χ1n) is 8.32. The summed E-state index contributed by atoms with van der Waals surface area (Å²) in [6.07, 6.45) is 0.296. The molecule has 1 N–H and O–H groups in total. The molecule has 1 atom stereocenters. The lowest BCUT2D eigenvalue weighted by molar-refractivity contribution is 0.0913. The summed E-state index contributed by atoms with van der Waals surface area (Å²) in [7, 11) is 0. The first kappa shape index (κ1) is 17.8. The fourth-order valence-electron chi connectivity index (χ4n) is 3.17. The van der Waals surface area contributed by atoms with Gasteiger partial charge in [0.15, 0.2) is 0 Å². The monoisotopic (exact) mass is 328 g/mol. The summed E-state index contributed by atoms with van der Waals surface area (Å²) in [4.78, 5) is 14.0. The molecule has 1 aromatic heterocycles. The number of nitrogens with zero attached hydrogens (tertiary/aromatic N) is 3. The molecule has 2 rings (SSSR count). The van der Waals surface area contributed by atoms with Gasteiger partial charge in [0.05, 0.1) is 12.6 Å². The number of alkyl halides is 2. The van der Waals surface area contributed by atoms with Gasteiger partial charge in [-0.3, -0.25) is 14.4 Å². The largest absolute Gasteiger partial charge is 0.347 e. The standard InChI is InChI=1S/C16H26F2N4O/c1-4-13(5-2)22-11(3)8-14(20-22)16(23)19-12-6-7-21(9-12)10-15(17)18/h8,12-13,15H,4-7,9-10H2,1-3H3,(H,19,23)/t12-/m0/s1. The van der Waals surface area contributed by atoms with Gasteiger partial charge in [-0.2, -0.15) is 5.10 Å². The van der Waals surface area contributed by atoms with Crippen LogP contribution in [-0.4, -0.2) is 52.7 Å². The normalized spacial score (nSPS) is 19.0. The van der Waals surface area contributed by atoms with Crippen molar-refractivity contribution >= 4 is 5.91 Å². The van der Waals surface area contributed by atoms with Crippen LogP contribution in [0.5, 0.6) is 0 Å². The molecular formula is C16H26F2N4O. The van der Waals surface area contributed by atoms with Gasteiger partial charge in [0.25, 0.3) is 12.3 Å². The molecule has 1 fully saturated rings. The maximum atomic E-state index is 12.4. The van der Waals surface area contributed by atoms with Crippen LogP contribution in [0.3, 0.4) is 0 Å². The van der Waals surface area contributed by atoms with E-state index in [1.54, 1.807) is 11.0 Å². The molecule has 0 unspecified atom stereocenters. The summed E-state index contributed by atoms with van der Waals surface area (Å²) in [6.45, 7) is 6.99. The minimum atomic E-state index is -2.33. The van der Waals surface area contributed by atoms with Crippen LogP contribution in [0.1, 0.15) is 55.3 Å². The van der Waals surface area contributed by atoms with Gasteiger partial charge in [0.2, 0.25) is 0 Å². The number of hydrogen-bond donors (Lipinski definition) is 1. The highest BCUT2D eigenvalue weighted by Gasteiger charge is 2.27. The van der Waals surface area contributed by atoms with E-state index in [1.807, 2.05) is 11.6 Å². The summed E-state index contributed by atoms with van der Waals surface area (Å²) in [5, 5.41) is 7.34. The molecule has 0 saturated carbocycles. The molecule has 7 heteroatoms. The van der Waals surface area contributed by atoms with E-state index >= 15 is 0 Å². The highest BCUT2D eigenvalue weighted by atomic mass is 19.3. The van der Waals surface area contributed by atoms with Gasteiger partial charge in [0.1, 0.15) is 5.69 Å². The van der Waals surface area contributed by atoms with Crippen molar-refractivity contribution in [1.29, 1.82) is 0 Å². The van der Waals surface area contributed by atoms with E-state index in [2.05, 4.69) is 24.3 Å². The fourth-order valence-corrected chi connectivity index (χ4v) is 3.17. The molecule has 1 aliphatic heterocycles. The van der Waals surface area contributed by atoms with Gasteiger partial charge in [-0.05, 0) is 32.3 Å². The Morgan fingerprint density at radius 2 is 2.13 bits per heavy atom. The van der Waals surface area contributed by atoms with Gasteiger partial charge in [-0.25, -0.2) is 8.78 Å². The molecule has 0 spiro atoms. The summed E-state index contributed by atoms with van der Waals surface area (Å²) in [5.41, 5.74) is 1.37. The number of aromatic nitrogens is 2. The Balaban J connectivity index is 1.95. The van der Waals surface area contributed by atoms with E-state index in [9.17, 15) is 13.6 Å². The van der Waals surface area contributed by atoms with Crippen molar-refractivity contribution in [3.05, 3.63) is 17.5 Å². The number of rotatable bonds is 7. The summed E-state index contributed by atoms with van der Waals surface area (Å²) in [6, 6.07) is 2.00. The van der Waals surface area contributed by atoms with E-state index in [0.29, 0.717) is 31.2 Å². The minimum absolute atomic E-state index is 0.0835. The van der Waals surface area contributed by atoms with Gasteiger partial charge in [-0.15, -0.1) is 0 Å². The number of amides is 1. The second kappa shape index (κ2) is 7.86. The third-order valence-corrected chi connectivity index (χ3v) is 4.45. The number of likely N-dealkylation sites (tertiary alicyclic amines) is 1. The van der Waals surface area contributed by atoms with Gasteiger partial charge >= 0.3 is 0 Å². The highest BCUT2D eigenvalue weighted by Crippen LogP contribution is 2.18. The number of halogens is 2. The van der Waals surface area contributed by atoms with Crippen LogP contribution < -0.4 is 5.32 Å². The van der Waals surface area contributed by atoms with Crippen molar-refractivity contribution in [2.24, 2.45) is 0 Å². The Morgan fingerprint density at radius 1 is 1.43 bits per heavy atom. The molecule has 0 aliphatic carbocycles. The van der Waals surface area contributed by atoms with Crippen LogP contribution in [0.2, 0.25) is 0 Å². The molecule has 130 valence electrons. The molecule has 1 aromatic rings. The average Bonchev–Trinajstić information content (AvgIpc) is 3.07. The zero-order chi connectivity index (χ0) is 17.0. The predicted molar refractivity (Wildman–Crippen MR) is 84.9 cm³/mol. The van der Waals surface area contributed by atoms with Crippen LogP contribution in [0.4, 0.5) is 8.78 Å². The summed E-state index contributed by atoms with van der Waals surface area (Å²) >= 11 is 0. The average molecular weight is 328 g/mol. The first-order valence-corrected chi connectivity index (χ1v) is 8.32. The third-order valence-electron chi connectivity index (χ3n) is 4.45. The van der Waals surface area contributed by atoms with Crippen molar-refractivity contribution in [3.8, 4) is 0 Å². The summed E-state index contributed by atoms with van der Waals surface area (Å²) < 4.78 is 26.7. The van der Waals surface area contributed by atoms with Gasteiger partial charge < -0.3 is 5.32 Å². The number of nitrogens with one attached hydrogen (secondary N) is 1. The van der Waals surface area contributed by atoms with Crippen LogP contribution in [0.15, 0.2) is 6.07 Å². The van der Waals surface area contributed by atoms with E-state index in [-0.39, 0.29) is 18.5 Å². The number of hydrogen-bond acceptors (Lipinski definition) is 3. The zero-order valence-corrected chi connectivity index (χ0v) is 14.1. The van der Waals surface area contributed by atoms with Crippen LogP contribution in [-0.2, 0) is 0 Å². The number of aryl methyl sites for hydroxylation is 1. The molecule has 0 bridgehead atoms. The zero-order valence-electron chi connectivity index (χ0n) is 14.1. The van der Waals surface area contributed by atoms with Crippen LogP contribution in [0, 0.1) is 6.92 Å². The van der Waals surface area contributed by atoms with E-state index < -0.39 is 6.43 Å². The van der Waals surface area contributed by atoms with Crippen molar-refractivity contribution < 1.29 is 13.6 Å². The van der Waals surface area contributed by atoms with Gasteiger partial charge in [0, 0.05) is 24.8 Å². The van der Waals surface area contributed by atoms with E-state index in [0.717, 1.165) is 18.5 Å². The van der Waals surface area contributed by atoms with Crippen molar-refractivity contribution in [2.45, 2.75) is 58.5 Å². The Kier molecular flexibility index (Phi) is 6.10. The van der Waals surface area contributed by atoms with Crippen LogP contribution in [0.25, 0.3) is 0 Å². The van der Waals surface area contributed by atoms with Crippen molar-refractivity contribution in [2.75, 3.05) is 19.6 Å². The molecule has 0 aromatic carbocycles. The van der Waals surface area contributed by atoms with E-state index in [4.69, 9.17) is 0 Å². The molecule has 1 aliphatic rings. The fraction of sp³-hybridized carbons (Fsp3) is 0.750. The summed E-state index contributed by atoms with van der Waals surface area (Å²) in [5.74, 6) is -0.221. The quantitative estimate of drug-likeness (QED) is 0.837. The maximum Gasteiger partial charge on any atom is 0.272 e. The lowest BCUT2D eigenvalue weighted by Crippen LogP contribution is -2.38. The Hall–Kier alpha value is -1.50. The van der Waals surface area contributed by atoms with Gasteiger partial charge in [-0.1, -0.05) is 13.8 Å². The second-order valence-corrected chi connectivity index (χ2v) is 6.20. The molecule has 1 amide bonds. The SMILES string of the molecule is CCC(CC)n1nc(C(=O)N[C@H]2CCN(CC(F)F)C2)cc1C. The Bertz CT molecular complexity index is 528. The topological polar surface area (TPSA) is 50.2 Å². The van der Waals surface area contributed by atoms with Crippen molar-refractivity contribution in [3.63, 3.8) is 0 Å². The van der Waals surface area contributed by atoms with Crippen LogP contribution >= 0.6 is 0 Å². The first-order chi connectivity index (χ1) is 10.9. The molecule has 2 heterocycles. The highest BCUT2D eigenvalue weighted by molar-refractivity contribution is 5.92. The third kappa shape index (κ3) is 4.50. The lowest BCUT2D eigenvalue weighted by atomic mass is 10.2. The molecular weight excluding hydrogens is 302 g/mol. The minimum Gasteiger partial charge on any atom is -0.347 e. The second-order valence-electron chi connectivity index (χ2n) is 6.20. The molecule has 5 nitrogen and oxygen atoms in total. The molecule has 23 heavy (non-hydrogen) atoms.